The molecule has 2 aliphatic rings. The molecule has 1 saturated heterocycles. The Balaban J connectivity index is 1.81. The summed E-state index contributed by atoms with van der Waals surface area (Å²) >= 11 is 5.92. The quantitative estimate of drug-likeness (QED) is 0.930. The fourth-order valence-electron chi connectivity index (χ4n) is 3.41. The Kier molecular flexibility index (Phi) is 3.68. The summed E-state index contributed by atoms with van der Waals surface area (Å²) in [4.78, 5) is 26.2. The lowest BCUT2D eigenvalue weighted by atomic mass is 9.81. The highest BCUT2D eigenvalue weighted by Gasteiger charge is 2.54. The van der Waals surface area contributed by atoms with E-state index in [0.29, 0.717) is 24.5 Å². The van der Waals surface area contributed by atoms with E-state index < -0.39 is 16.8 Å². The normalized spacial score (nSPS) is 26.5. The molecule has 4 nitrogen and oxygen atoms in total. The molecule has 1 unspecified atom stereocenters. The zero-order chi connectivity index (χ0) is 16.0. The number of carboxylic acid groups (broad SMARTS) is 1. The molecule has 0 radical (unpaired) electrons. The molecule has 0 spiro atoms. The van der Waals surface area contributed by atoms with E-state index in [9.17, 15) is 14.7 Å². The third-order valence-electron chi connectivity index (χ3n) is 5.06. The molecular weight excluding hydrogens is 302 g/mol. The van der Waals surface area contributed by atoms with Gasteiger partial charge in [-0.25, -0.2) is 0 Å². The predicted molar refractivity (Wildman–Crippen MR) is 83.9 cm³/mol. The fourth-order valence-corrected chi connectivity index (χ4v) is 3.54. The van der Waals surface area contributed by atoms with E-state index in [0.717, 1.165) is 24.8 Å². The molecule has 1 atom stereocenters. The minimum absolute atomic E-state index is 0.0713. The second-order valence-corrected chi connectivity index (χ2v) is 7.22. The molecule has 1 aliphatic carbocycles. The molecule has 1 amide bonds. The first kappa shape index (κ1) is 15.3. The number of carboxylic acids is 1. The van der Waals surface area contributed by atoms with Gasteiger partial charge in [-0.15, -0.1) is 0 Å². The lowest BCUT2D eigenvalue weighted by Gasteiger charge is -2.39. The number of amides is 1. The molecule has 1 aromatic carbocycles. The number of rotatable bonds is 3. The summed E-state index contributed by atoms with van der Waals surface area (Å²) in [5, 5.41) is 10.1. The molecular formula is C17H20ClNO3. The Morgan fingerprint density at radius 1 is 1.18 bits per heavy atom. The highest BCUT2D eigenvalue weighted by molar-refractivity contribution is 6.30. The molecule has 5 heteroatoms. The van der Waals surface area contributed by atoms with Gasteiger partial charge in [0.15, 0.2) is 0 Å². The first-order valence-corrected chi connectivity index (χ1v) is 8.04. The molecule has 1 aliphatic heterocycles. The van der Waals surface area contributed by atoms with Crippen LogP contribution in [0.25, 0.3) is 0 Å². The van der Waals surface area contributed by atoms with E-state index in [1.165, 1.54) is 0 Å². The van der Waals surface area contributed by atoms with Crippen LogP contribution in [0.1, 0.15) is 38.2 Å². The van der Waals surface area contributed by atoms with Crippen LogP contribution in [0.2, 0.25) is 5.02 Å². The number of hydrogen-bond acceptors (Lipinski definition) is 2. The Morgan fingerprint density at radius 2 is 1.82 bits per heavy atom. The van der Waals surface area contributed by atoms with Crippen molar-refractivity contribution in [3.05, 3.63) is 34.9 Å². The number of aliphatic carboxylic acids is 1. The highest BCUT2D eigenvalue weighted by Crippen LogP contribution is 2.50. The van der Waals surface area contributed by atoms with Crippen LogP contribution in [-0.2, 0) is 15.0 Å². The average molecular weight is 322 g/mol. The van der Waals surface area contributed by atoms with Crippen molar-refractivity contribution in [3.8, 4) is 0 Å². The number of halogens is 1. The Labute approximate surface area is 135 Å². The summed E-state index contributed by atoms with van der Waals surface area (Å²) in [6, 6.07) is 7.44. The Morgan fingerprint density at radius 3 is 2.36 bits per heavy atom. The summed E-state index contributed by atoms with van der Waals surface area (Å²) in [7, 11) is 0. The standard InChI is InChI=1S/C17H20ClNO3/c1-16(15(21)22)7-2-10-19(11-16)14(20)17(8-9-17)12-3-5-13(18)6-4-12/h3-6H,2,7-11H2,1H3,(H,21,22). The lowest BCUT2D eigenvalue weighted by molar-refractivity contribution is -0.154. The van der Waals surface area contributed by atoms with Gasteiger partial charge in [-0.1, -0.05) is 23.7 Å². The van der Waals surface area contributed by atoms with Crippen molar-refractivity contribution in [1.29, 1.82) is 0 Å². The van der Waals surface area contributed by atoms with Crippen molar-refractivity contribution in [3.63, 3.8) is 0 Å². The first-order chi connectivity index (χ1) is 10.4. The van der Waals surface area contributed by atoms with Crippen molar-refractivity contribution in [1.82, 2.24) is 4.90 Å². The summed E-state index contributed by atoms with van der Waals surface area (Å²) in [5.74, 6) is -0.747. The van der Waals surface area contributed by atoms with E-state index in [4.69, 9.17) is 11.6 Å². The van der Waals surface area contributed by atoms with Crippen LogP contribution in [0.5, 0.6) is 0 Å². The van der Waals surface area contributed by atoms with Crippen LogP contribution >= 0.6 is 11.6 Å². The van der Waals surface area contributed by atoms with Crippen LogP contribution in [0.15, 0.2) is 24.3 Å². The molecule has 1 aromatic rings. The van der Waals surface area contributed by atoms with Gasteiger partial charge in [-0.05, 0) is 50.3 Å². The van der Waals surface area contributed by atoms with Gasteiger partial charge in [0.2, 0.25) is 5.91 Å². The van der Waals surface area contributed by atoms with Crippen LogP contribution in [0, 0.1) is 5.41 Å². The van der Waals surface area contributed by atoms with Gasteiger partial charge >= 0.3 is 5.97 Å². The molecule has 1 N–H and O–H groups in total. The third-order valence-corrected chi connectivity index (χ3v) is 5.31. The second kappa shape index (κ2) is 5.27. The van der Waals surface area contributed by atoms with Crippen LogP contribution in [0.3, 0.4) is 0 Å². The Hall–Kier alpha value is -1.55. The zero-order valence-electron chi connectivity index (χ0n) is 12.6. The van der Waals surface area contributed by atoms with E-state index >= 15 is 0 Å². The fraction of sp³-hybridized carbons (Fsp3) is 0.529. The van der Waals surface area contributed by atoms with Crippen molar-refractivity contribution in [2.45, 2.75) is 38.0 Å². The summed E-state index contributed by atoms with van der Waals surface area (Å²) < 4.78 is 0. The van der Waals surface area contributed by atoms with Gasteiger partial charge in [0.05, 0.1) is 10.8 Å². The minimum atomic E-state index is -0.829. The topological polar surface area (TPSA) is 57.6 Å². The first-order valence-electron chi connectivity index (χ1n) is 7.66. The number of carbonyl (C=O) groups excluding carboxylic acids is 1. The van der Waals surface area contributed by atoms with Crippen molar-refractivity contribution < 1.29 is 14.7 Å². The summed E-state index contributed by atoms with van der Waals surface area (Å²) in [5.41, 5.74) is -0.296. The second-order valence-electron chi connectivity index (χ2n) is 6.79. The van der Waals surface area contributed by atoms with Crippen molar-refractivity contribution in [2.24, 2.45) is 5.41 Å². The number of hydrogen-bond donors (Lipinski definition) is 1. The molecule has 2 fully saturated rings. The van der Waals surface area contributed by atoms with E-state index in [1.807, 2.05) is 24.3 Å². The van der Waals surface area contributed by atoms with Gasteiger partial charge in [0, 0.05) is 18.1 Å². The van der Waals surface area contributed by atoms with Crippen molar-refractivity contribution >= 4 is 23.5 Å². The average Bonchev–Trinajstić information content (AvgIpc) is 3.29. The molecule has 22 heavy (non-hydrogen) atoms. The molecule has 0 aromatic heterocycles. The monoisotopic (exact) mass is 321 g/mol. The van der Waals surface area contributed by atoms with Crippen LogP contribution < -0.4 is 0 Å². The molecule has 1 heterocycles. The van der Waals surface area contributed by atoms with Gasteiger partial charge < -0.3 is 10.0 Å². The van der Waals surface area contributed by atoms with Gasteiger partial charge in [-0.3, -0.25) is 9.59 Å². The maximum atomic E-state index is 13.0. The van der Waals surface area contributed by atoms with Crippen LogP contribution in [-0.4, -0.2) is 35.0 Å². The van der Waals surface area contributed by atoms with Gasteiger partial charge in [-0.2, -0.15) is 0 Å². The van der Waals surface area contributed by atoms with E-state index in [1.54, 1.807) is 11.8 Å². The molecule has 118 valence electrons. The van der Waals surface area contributed by atoms with Crippen molar-refractivity contribution in [2.75, 3.05) is 13.1 Å². The number of piperidine rings is 1. The predicted octanol–water partition coefficient (Wildman–Crippen LogP) is 3.08. The maximum Gasteiger partial charge on any atom is 0.311 e. The maximum absolute atomic E-state index is 13.0. The van der Waals surface area contributed by atoms with E-state index in [-0.39, 0.29) is 5.91 Å². The number of carbonyl (C=O) groups is 2. The number of nitrogens with zero attached hydrogens (tertiary/aromatic N) is 1. The lowest BCUT2D eigenvalue weighted by Crippen LogP contribution is -2.51. The van der Waals surface area contributed by atoms with Gasteiger partial charge in [0.25, 0.3) is 0 Å². The minimum Gasteiger partial charge on any atom is -0.481 e. The molecule has 0 bridgehead atoms. The number of likely N-dealkylation sites (tertiary alicyclic amines) is 1. The molecule has 3 rings (SSSR count). The largest absolute Gasteiger partial charge is 0.481 e. The van der Waals surface area contributed by atoms with Gasteiger partial charge in [0.1, 0.15) is 0 Å². The smallest absolute Gasteiger partial charge is 0.311 e. The van der Waals surface area contributed by atoms with E-state index in [2.05, 4.69) is 0 Å². The Bertz CT molecular complexity index is 609. The summed E-state index contributed by atoms with van der Waals surface area (Å²) in [6.07, 6.45) is 3.02. The summed E-state index contributed by atoms with van der Waals surface area (Å²) in [6.45, 7) is 2.68. The zero-order valence-corrected chi connectivity index (χ0v) is 13.4. The third kappa shape index (κ3) is 2.50. The SMILES string of the molecule is CC1(C(=O)O)CCCN(C(=O)C2(c3ccc(Cl)cc3)CC2)C1. The highest BCUT2D eigenvalue weighted by atomic mass is 35.5. The molecule has 1 saturated carbocycles. The van der Waals surface area contributed by atoms with Crippen LogP contribution in [0.4, 0.5) is 0 Å². The number of benzene rings is 1.